The molecule has 6 nitrogen and oxygen atoms in total. The molecule has 1 unspecified atom stereocenters. The first kappa shape index (κ1) is 16.0. The van der Waals surface area contributed by atoms with Crippen LogP contribution in [0.15, 0.2) is 17.5 Å². The number of amides is 4. The molecule has 0 aromatic carbocycles. The molecule has 1 aliphatic carbocycles. The van der Waals surface area contributed by atoms with Crippen LogP contribution in [0.4, 0.5) is 4.79 Å². The maximum atomic E-state index is 12.6. The van der Waals surface area contributed by atoms with Crippen molar-refractivity contribution in [2.24, 2.45) is 0 Å². The molecule has 2 aliphatic rings. The Balaban J connectivity index is 1.62. The summed E-state index contributed by atoms with van der Waals surface area (Å²) >= 11 is 1.56. The second kappa shape index (κ2) is 6.31. The molecule has 1 atom stereocenters. The van der Waals surface area contributed by atoms with Gasteiger partial charge in [-0.25, -0.2) is 4.79 Å². The minimum absolute atomic E-state index is 0.132. The van der Waals surface area contributed by atoms with Gasteiger partial charge in [-0.05, 0) is 31.2 Å². The Morgan fingerprint density at radius 2 is 2.13 bits per heavy atom. The quantitative estimate of drug-likeness (QED) is 0.828. The molecule has 1 aliphatic heterocycles. The SMILES string of the molecule is CC(NC(=O)CN1C(=O)NC2(CCCCC2)C1=O)c1cccs1. The van der Waals surface area contributed by atoms with Crippen molar-refractivity contribution in [2.75, 3.05) is 6.54 Å². The van der Waals surface area contributed by atoms with Gasteiger partial charge < -0.3 is 10.6 Å². The number of rotatable bonds is 4. The highest BCUT2D eigenvalue weighted by Gasteiger charge is 2.51. The number of hydrogen-bond donors (Lipinski definition) is 2. The molecule has 2 fully saturated rings. The van der Waals surface area contributed by atoms with E-state index < -0.39 is 11.6 Å². The molecular formula is C16H21N3O3S. The monoisotopic (exact) mass is 335 g/mol. The van der Waals surface area contributed by atoms with Gasteiger partial charge in [-0.3, -0.25) is 14.5 Å². The summed E-state index contributed by atoms with van der Waals surface area (Å²) in [4.78, 5) is 39.0. The van der Waals surface area contributed by atoms with Crippen LogP contribution in [-0.4, -0.2) is 34.8 Å². The fourth-order valence-electron chi connectivity index (χ4n) is 3.35. The predicted octanol–water partition coefficient (Wildman–Crippen LogP) is 2.18. The highest BCUT2D eigenvalue weighted by Crippen LogP contribution is 2.33. The molecule has 2 heterocycles. The van der Waals surface area contributed by atoms with Gasteiger partial charge in [0.15, 0.2) is 0 Å². The topological polar surface area (TPSA) is 78.5 Å². The lowest BCUT2D eigenvalue weighted by atomic mass is 9.82. The second-order valence-electron chi connectivity index (χ2n) is 6.27. The largest absolute Gasteiger partial charge is 0.347 e. The lowest BCUT2D eigenvalue weighted by Crippen LogP contribution is -2.49. The van der Waals surface area contributed by atoms with Crippen molar-refractivity contribution in [1.82, 2.24) is 15.5 Å². The normalized spacial score (nSPS) is 21.3. The molecule has 1 saturated carbocycles. The van der Waals surface area contributed by atoms with Crippen LogP contribution < -0.4 is 10.6 Å². The van der Waals surface area contributed by atoms with E-state index in [0.717, 1.165) is 29.0 Å². The Bertz CT molecular complexity index is 608. The van der Waals surface area contributed by atoms with E-state index in [1.807, 2.05) is 24.4 Å². The lowest BCUT2D eigenvalue weighted by Gasteiger charge is -2.30. The number of carbonyl (C=O) groups is 3. The Morgan fingerprint density at radius 1 is 1.39 bits per heavy atom. The van der Waals surface area contributed by atoms with E-state index in [4.69, 9.17) is 0 Å². The van der Waals surface area contributed by atoms with Gasteiger partial charge in [0.25, 0.3) is 5.91 Å². The minimum atomic E-state index is -0.769. The molecule has 23 heavy (non-hydrogen) atoms. The first-order valence-corrected chi connectivity index (χ1v) is 8.87. The van der Waals surface area contributed by atoms with E-state index in [2.05, 4.69) is 10.6 Å². The van der Waals surface area contributed by atoms with E-state index in [1.54, 1.807) is 11.3 Å². The molecule has 1 saturated heterocycles. The molecule has 1 aromatic rings. The number of thiophene rings is 1. The summed E-state index contributed by atoms with van der Waals surface area (Å²) in [6.07, 6.45) is 4.29. The van der Waals surface area contributed by atoms with E-state index in [9.17, 15) is 14.4 Å². The maximum Gasteiger partial charge on any atom is 0.325 e. The summed E-state index contributed by atoms with van der Waals surface area (Å²) in [6, 6.07) is 3.29. The molecule has 3 rings (SSSR count). The Labute approximate surface area is 139 Å². The zero-order valence-corrected chi connectivity index (χ0v) is 13.9. The summed E-state index contributed by atoms with van der Waals surface area (Å²) in [5.74, 6) is -0.566. The molecule has 1 aromatic heterocycles. The maximum absolute atomic E-state index is 12.6. The molecule has 124 valence electrons. The van der Waals surface area contributed by atoms with Crippen molar-refractivity contribution in [2.45, 2.75) is 50.6 Å². The molecule has 2 N–H and O–H groups in total. The van der Waals surface area contributed by atoms with Crippen LogP contribution in [0, 0.1) is 0 Å². The van der Waals surface area contributed by atoms with Gasteiger partial charge in [0, 0.05) is 4.88 Å². The average Bonchev–Trinajstić information content (AvgIpc) is 3.13. The van der Waals surface area contributed by atoms with Gasteiger partial charge in [0.05, 0.1) is 6.04 Å². The summed E-state index contributed by atoms with van der Waals surface area (Å²) in [7, 11) is 0. The van der Waals surface area contributed by atoms with E-state index in [1.165, 1.54) is 0 Å². The van der Waals surface area contributed by atoms with Crippen LogP contribution in [-0.2, 0) is 9.59 Å². The highest BCUT2D eigenvalue weighted by atomic mass is 32.1. The smallest absolute Gasteiger partial charge is 0.325 e. The van der Waals surface area contributed by atoms with Crippen molar-refractivity contribution in [3.05, 3.63) is 22.4 Å². The molecule has 7 heteroatoms. The van der Waals surface area contributed by atoms with Crippen molar-refractivity contribution < 1.29 is 14.4 Å². The zero-order valence-electron chi connectivity index (χ0n) is 13.1. The first-order chi connectivity index (χ1) is 11.0. The number of imide groups is 1. The summed E-state index contributed by atoms with van der Waals surface area (Å²) in [5.41, 5.74) is -0.769. The van der Waals surface area contributed by atoms with Gasteiger partial charge in [0.1, 0.15) is 12.1 Å². The van der Waals surface area contributed by atoms with E-state index >= 15 is 0 Å². The molecular weight excluding hydrogens is 314 g/mol. The zero-order chi connectivity index (χ0) is 16.4. The third-order valence-electron chi connectivity index (χ3n) is 4.60. The van der Waals surface area contributed by atoms with Crippen LogP contribution in [0.25, 0.3) is 0 Å². The van der Waals surface area contributed by atoms with E-state index in [0.29, 0.717) is 12.8 Å². The van der Waals surface area contributed by atoms with Crippen molar-refractivity contribution >= 4 is 29.2 Å². The van der Waals surface area contributed by atoms with Crippen LogP contribution in [0.3, 0.4) is 0 Å². The third-order valence-corrected chi connectivity index (χ3v) is 5.66. The predicted molar refractivity (Wildman–Crippen MR) is 86.9 cm³/mol. The molecule has 4 amide bonds. The van der Waals surface area contributed by atoms with Crippen LogP contribution >= 0.6 is 11.3 Å². The van der Waals surface area contributed by atoms with Crippen molar-refractivity contribution in [3.63, 3.8) is 0 Å². The van der Waals surface area contributed by atoms with Gasteiger partial charge in [-0.2, -0.15) is 0 Å². The van der Waals surface area contributed by atoms with Crippen LogP contribution in [0.5, 0.6) is 0 Å². The van der Waals surface area contributed by atoms with Crippen molar-refractivity contribution in [3.8, 4) is 0 Å². The molecule has 0 radical (unpaired) electrons. The number of urea groups is 1. The average molecular weight is 335 g/mol. The molecule has 1 spiro atoms. The standard InChI is InChI=1S/C16H21N3O3S/c1-11(12-6-5-9-23-12)17-13(20)10-19-14(21)16(18-15(19)22)7-3-2-4-8-16/h5-6,9,11H,2-4,7-8,10H2,1H3,(H,17,20)(H,18,22). The van der Waals surface area contributed by atoms with Crippen LogP contribution in [0.2, 0.25) is 0 Å². The Hall–Kier alpha value is -1.89. The second-order valence-corrected chi connectivity index (χ2v) is 7.25. The summed E-state index contributed by atoms with van der Waals surface area (Å²) < 4.78 is 0. The van der Waals surface area contributed by atoms with Gasteiger partial charge in [0.2, 0.25) is 5.91 Å². The Morgan fingerprint density at radius 3 is 2.78 bits per heavy atom. The number of carbonyl (C=O) groups excluding carboxylic acids is 3. The summed E-state index contributed by atoms with van der Waals surface area (Å²) in [6.45, 7) is 1.67. The Kier molecular flexibility index (Phi) is 4.39. The fraction of sp³-hybridized carbons (Fsp3) is 0.562. The third kappa shape index (κ3) is 3.10. The number of hydrogen-bond acceptors (Lipinski definition) is 4. The van der Waals surface area contributed by atoms with Gasteiger partial charge in [-0.1, -0.05) is 25.3 Å². The fourth-order valence-corrected chi connectivity index (χ4v) is 4.09. The molecule has 0 bridgehead atoms. The first-order valence-electron chi connectivity index (χ1n) is 7.99. The highest BCUT2D eigenvalue weighted by molar-refractivity contribution is 7.10. The van der Waals surface area contributed by atoms with Crippen LogP contribution in [0.1, 0.15) is 49.9 Å². The summed E-state index contributed by atoms with van der Waals surface area (Å²) in [5, 5.41) is 7.60. The van der Waals surface area contributed by atoms with Gasteiger partial charge in [-0.15, -0.1) is 11.3 Å². The van der Waals surface area contributed by atoms with Crippen molar-refractivity contribution in [1.29, 1.82) is 0 Å². The number of nitrogens with zero attached hydrogens (tertiary/aromatic N) is 1. The van der Waals surface area contributed by atoms with Gasteiger partial charge >= 0.3 is 6.03 Å². The lowest BCUT2D eigenvalue weighted by molar-refractivity contribution is -0.136. The number of nitrogens with one attached hydrogen (secondary N) is 2. The van der Waals surface area contributed by atoms with E-state index in [-0.39, 0.29) is 24.4 Å². The minimum Gasteiger partial charge on any atom is -0.347 e.